The molecule has 0 atom stereocenters. The SMILES string of the molecule is C=C1c2sc(-n3cc(-c4nc(-c5ccccc5)nc(-c5ccccc5)n4)nn3)cc2-c2cccc[n+]2C1(CC)CC. The summed E-state index contributed by atoms with van der Waals surface area (Å²) in [6, 6.07) is 28.4. The Morgan fingerprint density at radius 3 is 2.05 bits per heavy atom. The maximum atomic E-state index is 4.80. The molecule has 1 aliphatic rings. The van der Waals surface area contributed by atoms with Crippen LogP contribution in [0.3, 0.4) is 0 Å². The second-order valence-corrected chi connectivity index (χ2v) is 11.1. The first-order valence-corrected chi connectivity index (χ1v) is 14.6. The summed E-state index contributed by atoms with van der Waals surface area (Å²) in [6.07, 6.45) is 6.01. The summed E-state index contributed by atoms with van der Waals surface area (Å²) < 4.78 is 4.20. The molecule has 0 aliphatic carbocycles. The van der Waals surface area contributed by atoms with Gasteiger partial charge in [-0.2, -0.15) is 4.57 Å². The Hall–Kier alpha value is -4.82. The molecule has 1 aliphatic heterocycles. The van der Waals surface area contributed by atoms with Gasteiger partial charge in [-0.3, -0.25) is 0 Å². The average molecular weight is 555 g/mol. The van der Waals surface area contributed by atoms with Crippen molar-refractivity contribution in [1.82, 2.24) is 29.9 Å². The summed E-state index contributed by atoms with van der Waals surface area (Å²) >= 11 is 1.70. The first-order chi connectivity index (χ1) is 20.1. The highest BCUT2D eigenvalue weighted by molar-refractivity contribution is 7.16. The normalized spacial score (nSPS) is 13.6. The fourth-order valence-corrected chi connectivity index (χ4v) is 6.87. The molecule has 41 heavy (non-hydrogen) atoms. The van der Waals surface area contributed by atoms with Crippen molar-refractivity contribution < 1.29 is 4.57 Å². The van der Waals surface area contributed by atoms with Crippen LogP contribution < -0.4 is 4.57 Å². The summed E-state index contributed by atoms with van der Waals surface area (Å²) in [6.45, 7) is 9.08. The Kier molecular flexibility index (Phi) is 6.12. The number of thiophene rings is 1. The number of hydrogen-bond donors (Lipinski definition) is 0. The van der Waals surface area contributed by atoms with Crippen molar-refractivity contribution in [2.45, 2.75) is 32.2 Å². The van der Waals surface area contributed by atoms with Gasteiger partial charge in [0.15, 0.2) is 34.9 Å². The number of fused-ring (bicyclic) bond motifs is 3. The van der Waals surface area contributed by atoms with E-state index in [1.165, 1.54) is 16.1 Å². The van der Waals surface area contributed by atoms with E-state index in [-0.39, 0.29) is 5.54 Å². The molecular formula is C33H28N7S+. The third-order valence-electron chi connectivity index (χ3n) is 7.97. The van der Waals surface area contributed by atoms with E-state index in [2.05, 4.69) is 65.8 Å². The molecule has 0 saturated carbocycles. The number of aromatic nitrogens is 7. The van der Waals surface area contributed by atoms with Gasteiger partial charge in [0.2, 0.25) is 5.69 Å². The molecular weight excluding hydrogens is 526 g/mol. The van der Waals surface area contributed by atoms with E-state index in [1.807, 2.05) is 71.5 Å². The Labute approximate surface area is 242 Å². The van der Waals surface area contributed by atoms with E-state index < -0.39 is 0 Å². The highest BCUT2D eigenvalue weighted by Gasteiger charge is 2.47. The number of nitrogens with zero attached hydrogens (tertiary/aromatic N) is 7. The molecule has 7 nitrogen and oxygen atoms in total. The Morgan fingerprint density at radius 2 is 1.41 bits per heavy atom. The lowest BCUT2D eigenvalue weighted by atomic mass is 9.79. The van der Waals surface area contributed by atoms with Crippen LogP contribution >= 0.6 is 11.3 Å². The highest BCUT2D eigenvalue weighted by atomic mass is 32.1. The van der Waals surface area contributed by atoms with Crippen molar-refractivity contribution in [2.75, 3.05) is 0 Å². The van der Waals surface area contributed by atoms with Crippen LogP contribution in [0.5, 0.6) is 0 Å². The van der Waals surface area contributed by atoms with Crippen molar-refractivity contribution in [2.24, 2.45) is 0 Å². The van der Waals surface area contributed by atoms with Crippen molar-refractivity contribution in [3.63, 3.8) is 0 Å². The fraction of sp³-hybridized carbons (Fsp3) is 0.152. The van der Waals surface area contributed by atoms with Gasteiger partial charge >= 0.3 is 0 Å². The van der Waals surface area contributed by atoms with Gasteiger partial charge in [-0.05, 0) is 12.1 Å². The van der Waals surface area contributed by atoms with Crippen molar-refractivity contribution in [3.05, 3.63) is 109 Å². The zero-order valence-corrected chi connectivity index (χ0v) is 23.7. The molecule has 200 valence electrons. The van der Waals surface area contributed by atoms with Gasteiger partial charge in [0.1, 0.15) is 5.00 Å². The molecule has 0 bridgehead atoms. The van der Waals surface area contributed by atoms with Crippen LogP contribution in [0.1, 0.15) is 31.6 Å². The predicted molar refractivity (Wildman–Crippen MR) is 162 cm³/mol. The second kappa shape index (κ2) is 9.98. The minimum atomic E-state index is -0.147. The summed E-state index contributed by atoms with van der Waals surface area (Å²) in [4.78, 5) is 15.6. The lowest BCUT2D eigenvalue weighted by molar-refractivity contribution is -0.741. The van der Waals surface area contributed by atoms with Crippen molar-refractivity contribution in [1.29, 1.82) is 0 Å². The van der Waals surface area contributed by atoms with Crippen LogP contribution in [0.25, 0.3) is 56.1 Å². The van der Waals surface area contributed by atoms with Gasteiger partial charge in [-0.15, -0.1) is 16.4 Å². The predicted octanol–water partition coefficient (Wildman–Crippen LogP) is 7.01. The zero-order valence-electron chi connectivity index (χ0n) is 22.9. The van der Waals surface area contributed by atoms with Crippen molar-refractivity contribution >= 4 is 16.9 Å². The van der Waals surface area contributed by atoms with Crippen LogP contribution in [0.15, 0.2) is 104 Å². The van der Waals surface area contributed by atoms with Crippen LogP contribution in [0, 0.1) is 0 Å². The van der Waals surface area contributed by atoms with Gasteiger partial charge in [0, 0.05) is 41.7 Å². The van der Waals surface area contributed by atoms with E-state index in [0.717, 1.165) is 34.5 Å². The number of pyridine rings is 1. The fourth-order valence-electron chi connectivity index (χ4n) is 5.71. The van der Waals surface area contributed by atoms with Gasteiger partial charge in [0.05, 0.1) is 16.6 Å². The second-order valence-electron chi connectivity index (χ2n) is 10.1. The average Bonchev–Trinajstić information content (AvgIpc) is 3.71. The van der Waals surface area contributed by atoms with Gasteiger partial charge in [-0.1, -0.05) is 86.3 Å². The molecule has 0 unspecified atom stereocenters. The first-order valence-electron chi connectivity index (χ1n) is 13.8. The maximum Gasteiger partial charge on any atom is 0.214 e. The molecule has 0 spiro atoms. The zero-order chi connectivity index (χ0) is 28.0. The van der Waals surface area contributed by atoms with Crippen molar-refractivity contribution in [3.8, 4) is 50.6 Å². The number of rotatable bonds is 6. The number of hydrogen-bond acceptors (Lipinski definition) is 6. The van der Waals surface area contributed by atoms with Crippen LogP contribution in [-0.4, -0.2) is 29.9 Å². The smallest absolute Gasteiger partial charge is 0.210 e. The molecule has 0 N–H and O–H groups in total. The minimum absolute atomic E-state index is 0.147. The van der Waals surface area contributed by atoms with Gasteiger partial charge in [0.25, 0.3) is 0 Å². The summed E-state index contributed by atoms with van der Waals surface area (Å²) in [7, 11) is 0. The summed E-state index contributed by atoms with van der Waals surface area (Å²) in [5.74, 6) is 1.67. The van der Waals surface area contributed by atoms with Crippen LogP contribution in [0.4, 0.5) is 0 Å². The first kappa shape index (κ1) is 25.2. The summed E-state index contributed by atoms with van der Waals surface area (Å²) in [5, 5.41) is 9.98. The highest BCUT2D eigenvalue weighted by Crippen LogP contribution is 2.47. The molecule has 0 radical (unpaired) electrons. The quantitative estimate of drug-likeness (QED) is 0.207. The van der Waals surface area contributed by atoms with Gasteiger partial charge < -0.3 is 0 Å². The Morgan fingerprint density at radius 1 is 0.805 bits per heavy atom. The third-order valence-corrected chi connectivity index (χ3v) is 9.15. The molecule has 0 amide bonds. The molecule has 4 aromatic heterocycles. The molecule has 2 aromatic carbocycles. The van der Waals surface area contributed by atoms with Crippen LogP contribution in [0.2, 0.25) is 0 Å². The minimum Gasteiger partial charge on any atom is -0.210 e. The number of allylic oxidation sites excluding steroid dienone is 1. The molecule has 6 aromatic rings. The van der Waals surface area contributed by atoms with E-state index >= 15 is 0 Å². The Bertz CT molecular complexity index is 1830. The summed E-state index contributed by atoms with van der Waals surface area (Å²) in [5.41, 5.74) is 5.77. The lowest BCUT2D eigenvalue weighted by Gasteiger charge is -2.33. The van der Waals surface area contributed by atoms with Gasteiger partial charge in [-0.25, -0.2) is 19.6 Å². The monoisotopic (exact) mass is 554 g/mol. The molecule has 8 heteroatoms. The Balaban J connectivity index is 1.32. The molecule has 0 fully saturated rings. The third kappa shape index (κ3) is 4.10. The van der Waals surface area contributed by atoms with E-state index in [1.54, 1.807) is 11.3 Å². The topological polar surface area (TPSA) is 73.3 Å². The van der Waals surface area contributed by atoms with E-state index in [4.69, 9.17) is 15.0 Å². The largest absolute Gasteiger partial charge is 0.214 e. The molecule has 0 saturated heterocycles. The number of benzene rings is 2. The molecule has 5 heterocycles. The lowest BCUT2D eigenvalue weighted by Crippen LogP contribution is -2.58. The molecule has 7 rings (SSSR count). The maximum absolute atomic E-state index is 4.80. The standard InChI is InChI=1S/C33H28N7S/c1-4-33(5-2)22(3)29-25(27-18-12-13-19-39(27)33)20-28(41-29)40-21-26(37-38-40)32-35-30(23-14-8-6-9-15-23)34-31(36-32)24-16-10-7-11-17-24/h6-21H,3-5H2,1-2H3/q+1. The van der Waals surface area contributed by atoms with Crippen LogP contribution in [-0.2, 0) is 5.54 Å². The van der Waals surface area contributed by atoms with E-state index in [0.29, 0.717) is 23.2 Å². The van der Waals surface area contributed by atoms with E-state index in [9.17, 15) is 0 Å².